The largest absolute Gasteiger partial charge is 0.489 e. The first-order chi connectivity index (χ1) is 13.9. The number of piperidine rings is 1. The summed E-state index contributed by atoms with van der Waals surface area (Å²) in [5.74, 6) is -0.751. The van der Waals surface area contributed by atoms with E-state index in [1.807, 2.05) is 18.2 Å². The number of halogens is 4. The first kappa shape index (κ1) is 19.6. The SMILES string of the molecule is Fc1cccc2c(OC3CC[NH+](Cc4ccccc4)CC3)cc(C(F)(F)F)nc12. The molecular weight excluding hydrogens is 384 g/mol. The molecule has 1 aliphatic heterocycles. The highest BCUT2D eigenvalue weighted by Crippen LogP contribution is 2.35. The summed E-state index contributed by atoms with van der Waals surface area (Å²) in [6, 6.07) is 15.2. The number of likely N-dealkylation sites (tertiary alicyclic amines) is 1. The van der Waals surface area contributed by atoms with E-state index in [-0.39, 0.29) is 22.8 Å². The molecule has 0 unspecified atom stereocenters. The monoisotopic (exact) mass is 405 g/mol. The van der Waals surface area contributed by atoms with E-state index < -0.39 is 17.7 Å². The van der Waals surface area contributed by atoms with Crippen LogP contribution in [-0.4, -0.2) is 24.2 Å². The summed E-state index contributed by atoms with van der Waals surface area (Å²) < 4.78 is 59.7. The van der Waals surface area contributed by atoms with Crippen LogP contribution in [-0.2, 0) is 12.7 Å². The molecule has 4 rings (SSSR count). The third-order valence-corrected chi connectivity index (χ3v) is 5.27. The van der Waals surface area contributed by atoms with Crippen molar-refractivity contribution in [1.29, 1.82) is 0 Å². The van der Waals surface area contributed by atoms with Crippen LogP contribution in [0.5, 0.6) is 5.75 Å². The molecule has 1 saturated heterocycles. The number of fused-ring (bicyclic) bond motifs is 1. The Morgan fingerprint density at radius 3 is 2.41 bits per heavy atom. The number of pyridine rings is 1. The third-order valence-electron chi connectivity index (χ3n) is 5.27. The van der Waals surface area contributed by atoms with Crippen LogP contribution in [0.4, 0.5) is 17.6 Å². The highest BCUT2D eigenvalue weighted by Gasteiger charge is 2.34. The van der Waals surface area contributed by atoms with Crippen molar-refractivity contribution in [3.8, 4) is 5.75 Å². The third kappa shape index (κ3) is 4.50. The first-order valence-corrected chi connectivity index (χ1v) is 9.61. The van der Waals surface area contributed by atoms with Gasteiger partial charge in [0.15, 0.2) is 0 Å². The maximum absolute atomic E-state index is 14.1. The number of hydrogen-bond donors (Lipinski definition) is 1. The minimum absolute atomic E-state index is 0.0401. The fraction of sp³-hybridized carbons (Fsp3) is 0.318. The lowest BCUT2D eigenvalue weighted by Crippen LogP contribution is -3.12. The second-order valence-electron chi connectivity index (χ2n) is 7.37. The highest BCUT2D eigenvalue weighted by atomic mass is 19.4. The van der Waals surface area contributed by atoms with Gasteiger partial charge in [0.1, 0.15) is 35.4 Å². The van der Waals surface area contributed by atoms with E-state index in [0.29, 0.717) is 0 Å². The lowest BCUT2D eigenvalue weighted by molar-refractivity contribution is -0.919. The topological polar surface area (TPSA) is 26.6 Å². The van der Waals surface area contributed by atoms with Crippen molar-refractivity contribution in [1.82, 2.24) is 4.98 Å². The van der Waals surface area contributed by atoms with Crippen molar-refractivity contribution in [2.45, 2.75) is 31.7 Å². The fourth-order valence-electron chi connectivity index (χ4n) is 3.78. The molecule has 0 aliphatic carbocycles. The zero-order valence-corrected chi connectivity index (χ0v) is 15.7. The molecule has 0 atom stereocenters. The van der Waals surface area contributed by atoms with Crippen LogP contribution in [0.2, 0.25) is 0 Å². The van der Waals surface area contributed by atoms with Gasteiger partial charge in [0, 0.05) is 29.9 Å². The van der Waals surface area contributed by atoms with Crippen molar-refractivity contribution in [3.05, 3.63) is 71.7 Å². The molecule has 0 radical (unpaired) electrons. The molecule has 3 nitrogen and oxygen atoms in total. The number of nitrogens with zero attached hydrogens (tertiary/aromatic N) is 1. The van der Waals surface area contributed by atoms with E-state index in [1.54, 1.807) is 0 Å². The van der Waals surface area contributed by atoms with Crippen LogP contribution < -0.4 is 9.64 Å². The number of quaternary nitrogens is 1. The molecule has 0 bridgehead atoms. The highest BCUT2D eigenvalue weighted by molar-refractivity contribution is 5.85. The number of ether oxygens (including phenoxy) is 1. The lowest BCUT2D eigenvalue weighted by atomic mass is 10.1. The second-order valence-corrected chi connectivity index (χ2v) is 7.37. The number of para-hydroxylation sites is 1. The zero-order chi connectivity index (χ0) is 20.4. The molecule has 2 aromatic carbocycles. The molecule has 2 heterocycles. The Morgan fingerprint density at radius 1 is 1.00 bits per heavy atom. The Balaban J connectivity index is 1.50. The van der Waals surface area contributed by atoms with Crippen LogP contribution in [0.3, 0.4) is 0 Å². The molecule has 1 fully saturated rings. The molecule has 152 valence electrons. The van der Waals surface area contributed by atoms with Gasteiger partial charge in [-0.05, 0) is 12.1 Å². The lowest BCUT2D eigenvalue weighted by Gasteiger charge is -2.30. The summed E-state index contributed by atoms with van der Waals surface area (Å²) in [5.41, 5.74) is -0.200. The Hall–Kier alpha value is -2.67. The molecule has 3 aromatic rings. The summed E-state index contributed by atoms with van der Waals surface area (Å²) in [6.45, 7) is 2.64. The van der Waals surface area contributed by atoms with E-state index in [4.69, 9.17) is 4.74 Å². The number of benzene rings is 2. The molecule has 1 aliphatic rings. The summed E-state index contributed by atoms with van der Waals surface area (Å²) in [7, 11) is 0. The van der Waals surface area contributed by atoms with Gasteiger partial charge >= 0.3 is 6.18 Å². The van der Waals surface area contributed by atoms with E-state index in [1.165, 1.54) is 22.6 Å². The van der Waals surface area contributed by atoms with E-state index in [0.717, 1.165) is 44.6 Å². The summed E-state index contributed by atoms with van der Waals surface area (Å²) >= 11 is 0. The van der Waals surface area contributed by atoms with Gasteiger partial charge in [-0.2, -0.15) is 13.2 Å². The quantitative estimate of drug-likeness (QED) is 0.664. The minimum Gasteiger partial charge on any atom is -0.489 e. The molecular formula is C22H21F4N2O+. The van der Waals surface area contributed by atoms with E-state index in [2.05, 4.69) is 17.1 Å². The maximum atomic E-state index is 14.1. The molecule has 1 aromatic heterocycles. The number of hydrogen-bond acceptors (Lipinski definition) is 2. The van der Waals surface area contributed by atoms with Crippen molar-refractivity contribution in [2.24, 2.45) is 0 Å². The van der Waals surface area contributed by atoms with E-state index in [9.17, 15) is 17.6 Å². The maximum Gasteiger partial charge on any atom is 0.433 e. The second kappa shape index (κ2) is 7.99. The predicted octanol–water partition coefficient (Wildman–Crippen LogP) is 4.02. The van der Waals surface area contributed by atoms with Gasteiger partial charge < -0.3 is 9.64 Å². The molecule has 29 heavy (non-hydrogen) atoms. The van der Waals surface area contributed by atoms with E-state index >= 15 is 0 Å². The molecule has 0 spiro atoms. The van der Waals surface area contributed by atoms with Gasteiger partial charge in [0.05, 0.1) is 13.1 Å². The normalized spacial score (nSPS) is 20.0. The van der Waals surface area contributed by atoms with Crippen molar-refractivity contribution >= 4 is 10.9 Å². The van der Waals surface area contributed by atoms with Crippen LogP contribution in [0.1, 0.15) is 24.1 Å². The predicted molar refractivity (Wildman–Crippen MR) is 101 cm³/mol. The zero-order valence-electron chi connectivity index (χ0n) is 15.7. The standard InChI is InChI=1S/C22H20F4N2O/c23-18-8-4-7-17-19(13-20(22(24,25)26)27-21(17)18)29-16-9-11-28(12-10-16)14-15-5-2-1-3-6-15/h1-8,13,16H,9-12,14H2/p+1. The first-order valence-electron chi connectivity index (χ1n) is 9.61. The number of aromatic nitrogens is 1. The summed E-state index contributed by atoms with van der Waals surface area (Å²) in [6.07, 6.45) is -3.42. The molecule has 0 saturated carbocycles. The van der Waals surface area contributed by atoms with Gasteiger partial charge in [-0.1, -0.05) is 36.4 Å². The Bertz CT molecular complexity index is 983. The van der Waals surface area contributed by atoms with Crippen LogP contribution in [0, 0.1) is 5.82 Å². The average molecular weight is 405 g/mol. The Morgan fingerprint density at radius 2 is 1.72 bits per heavy atom. The van der Waals surface area contributed by atoms with Gasteiger partial charge in [-0.15, -0.1) is 0 Å². The number of alkyl halides is 3. The van der Waals surface area contributed by atoms with Crippen molar-refractivity contribution < 1.29 is 27.2 Å². The van der Waals surface area contributed by atoms with Crippen LogP contribution in [0.15, 0.2) is 54.6 Å². The molecule has 7 heteroatoms. The molecule has 0 amide bonds. The van der Waals surface area contributed by atoms with Crippen molar-refractivity contribution in [2.75, 3.05) is 13.1 Å². The number of nitrogens with one attached hydrogen (secondary N) is 1. The fourth-order valence-corrected chi connectivity index (χ4v) is 3.78. The van der Waals surface area contributed by atoms with Crippen molar-refractivity contribution in [3.63, 3.8) is 0 Å². The smallest absolute Gasteiger partial charge is 0.433 e. The Kier molecular flexibility index (Phi) is 5.41. The van der Waals surface area contributed by atoms with Crippen LogP contribution in [0.25, 0.3) is 10.9 Å². The van der Waals surface area contributed by atoms with Crippen LogP contribution >= 0.6 is 0 Å². The minimum atomic E-state index is -4.67. The summed E-state index contributed by atoms with van der Waals surface area (Å²) in [4.78, 5) is 4.89. The average Bonchev–Trinajstić information content (AvgIpc) is 2.70. The van der Waals surface area contributed by atoms with Gasteiger partial charge in [0.2, 0.25) is 0 Å². The van der Waals surface area contributed by atoms with Gasteiger partial charge in [-0.25, -0.2) is 9.37 Å². The Labute approximate surface area is 165 Å². The molecule has 1 N–H and O–H groups in total. The van der Waals surface area contributed by atoms with Gasteiger partial charge in [-0.3, -0.25) is 0 Å². The summed E-state index contributed by atoms with van der Waals surface area (Å²) in [5, 5.41) is 0.261. The van der Waals surface area contributed by atoms with Gasteiger partial charge in [0.25, 0.3) is 0 Å². The number of rotatable bonds is 4.